The Morgan fingerprint density at radius 2 is 2.12 bits per heavy atom. The number of amides is 1. The number of allylic oxidation sites excluding steroid dienone is 1. The zero-order chi connectivity index (χ0) is 18.1. The zero-order valence-corrected chi connectivity index (χ0v) is 16.1. The van der Waals surface area contributed by atoms with Crippen LogP contribution in [0.1, 0.15) is 23.1 Å². The van der Waals surface area contributed by atoms with Gasteiger partial charge in [0.1, 0.15) is 5.69 Å². The average Bonchev–Trinajstić information content (AvgIpc) is 3.13. The first kappa shape index (κ1) is 17.9. The molecule has 1 aromatic carbocycles. The largest absolute Gasteiger partial charge is 0.311 e. The molecule has 0 spiro atoms. The Morgan fingerprint density at radius 1 is 1.40 bits per heavy atom. The van der Waals surface area contributed by atoms with Crippen molar-refractivity contribution < 1.29 is 4.79 Å². The van der Waals surface area contributed by atoms with Crippen LogP contribution in [-0.2, 0) is 13.1 Å². The van der Waals surface area contributed by atoms with E-state index in [1.54, 1.807) is 29.0 Å². The van der Waals surface area contributed by atoms with Crippen molar-refractivity contribution in [1.29, 1.82) is 0 Å². The van der Waals surface area contributed by atoms with E-state index in [0.29, 0.717) is 33.6 Å². The maximum atomic E-state index is 12.7. The third-order valence-electron chi connectivity index (χ3n) is 3.66. The van der Waals surface area contributed by atoms with E-state index < -0.39 is 0 Å². The Kier molecular flexibility index (Phi) is 5.13. The smallest absolute Gasteiger partial charge is 0.297 e. The van der Waals surface area contributed by atoms with Crippen LogP contribution in [0.2, 0.25) is 10.0 Å². The van der Waals surface area contributed by atoms with E-state index in [1.807, 2.05) is 18.4 Å². The van der Waals surface area contributed by atoms with Crippen LogP contribution in [0.15, 0.2) is 35.8 Å². The summed E-state index contributed by atoms with van der Waals surface area (Å²) in [5.41, 5.74) is 1.99. The molecular formula is C17H16Cl2N4OS. The molecule has 0 unspecified atom stereocenters. The molecule has 2 aromatic heterocycles. The molecule has 3 rings (SSSR count). The van der Waals surface area contributed by atoms with E-state index >= 15 is 0 Å². The lowest BCUT2D eigenvalue weighted by molar-refractivity contribution is 0.0987. The molecule has 8 heteroatoms. The fourth-order valence-electron chi connectivity index (χ4n) is 2.60. The van der Waals surface area contributed by atoms with Crippen LogP contribution in [0, 0.1) is 6.92 Å². The summed E-state index contributed by atoms with van der Waals surface area (Å²) in [7, 11) is 0. The molecule has 0 N–H and O–H groups in total. The maximum absolute atomic E-state index is 12.7. The third-order valence-corrected chi connectivity index (χ3v) is 5.50. The standard InChI is InChI=1S/C17H16Cl2N4OS/c1-4-8-22-14-11(18)6-7-12(19)15(14)25-17(22)20-16(24)13-9-10(3)21-23(13)5-2/h4,6-7,9H,1,5,8H2,2-3H3. The topological polar surface area (TPSA) is 52.2 Å². The normalized spacial score (nSPS) is 12.1. The Balaban J connectivity index is 2.23. The van der Waals surface area contributed by atoms with Crippen molar-refractivity contribution in [3.8, 4) is 0 Å². The van der Waals surface area contributed by atoms with Crippen molar-refractivity contribution in [1.82, 2.24) is 14.3 Å². The molecule has 0 saturated carbocycles. The fourth-order valence-corrected chi connectivity index (χ4v) is 4.25. The molecular weight excluding hydrogens is 379 g/mol. The van der Waals surface area contributed by atoms with Crippen LogP contribution in [0.4, 0.5) is 0 Å². The van der Waals surface area contributed by atoms with Crippen molar-refractivity contribution in [2.45, 2.75) is 26.9 Å². The summed E-state index contributed by atoms with van der Waals surface area (Å²) in [6.07, 6.45) is 1.73. The number of hydrogen-bond donors (Lipinski definition) is 0. The van der Waals surface area contributed by atoms with Crippen LogP contribution in [0.5, 0.6) is 0 Å². The number of fused-ring (bicyclic) bond motifs is 1. The van der Waals surface area contributed by atoms with E-state index in [0.717, 1.165) is 15.9 Å². The predicted octanol–water partition coefficient (Wildman–Crippen LogP) is 4.46. The number of thiazole rings is 1. The van der Waals surface area contributed by atoms with E-state index in [2.05, 4.69) is 16.7 Å². The predicted molar refractivity (Wildman–Crippen MR) is 103 cm³/mol. The Labute approximate surface area is 158 Å². The summed E-state index contributed by atoms with van der Waals surface area (Å²) >= 11 is 14.0. The number of aryl methyl sites for hydroxylation is 2. The number of aromatic nitrogens is 3. The first-order valence-corrected chi connectivity index (χ1v) is 9.25. The van der Waals surface area contributed by atoms with Gasteiger partial charge in [0, 0.05) is 13.1 Å². The number of halogens is 2. The van der Waals surface area contributed by atoms with Gasteiger partial charge in [0.05, 0.1) is 26.0 Å². The Morgan fingerprint density at radius 3 is 2.80 bits per heavy atom. The molecule has 1 amide bonds. The first-order chi connectivity index (χ1) is 12.0. The molecule has 0 radical (unpaired) electrons. The van der Waals surface area contributed by atoms with Gasteiger partial charge in [-0.2, -0.15) is 10.1 Å². The van der Waals surface area contributed by atoms with Crippen LogP contribution in [0.3, 0.4) is 0 Å². The quantitative estimate of drug-likeness (QED) is 0.613. The number of carbonyl (C=O) groups excluding carboxylic acids is 1. The molecule has 0 aliphatic heterocycles. The van der Waals surface area contributed by atoms with Crippen molar-refractivity contribution >= 4 is 50.7 Å². The van der Waals surface area contributed by atoms with Crippen LogP contribution in [-0.4, -0.2) is 20.3 Å². The summed E-state index contributed by atoms with van der Waals surface area (Å²) in [6, 6.07) is 5.21. The van der Waals surface area contributed by atoms with Crippen LogP contribution >= 0.6 is 34.5 Å². The van der Waals surface area contributed by atoms with Gasteiger partial charge in [-0.1, -0.05) is 40.6 Å². The maximum Gasteiger partial charge on any atom is 0.297 e. The summed E-state index contributed by atoms with van der Waals surface area (Å²) < 4.78 is 4.29. The highest BCUT2D eigenvalue weighted by Crippen LogP contribution is 2.31. The van der Waals surface area contributed by atoms with Crippen LogP contribution < -0.4 is 4.80 Å². The number of nitrogens with zero attached hydrogens (tertiary/aromatic N) is 4. The van der Waals surface area contributed by atoms with Gasteiger partial charge >= 0.3 is 0 Å². The molecule has 0 atom stereocenters. The first-order valence-electron chi connectivity index (χ1n) is 7.68. The molecule has 130 valence electrons. The van der Waals surface area contributed by atoms with Gasteiger partial charge in [-0.15, -0.1) is 6.58 Å². The highest BCUT2D eigenvalue weighted by Gasteiger charge is 2.16. The van der Waals surface area contributed by atoms with Gasteiger partial charge in [0.15, 0.2) is 4.80 Å². The van der Waals surface area contributed by atoms with E-state index in [9.17, 15) is 4.79 Å². The fraction of sp³-hybridized carbons (Fsp3) is 0.235. The van der Waals surface area contributed by atoms with Gasteiger partial charge in [0.25, 0.3) is 5.91 Å². The second-order valence-corrected chi connectivity index (χ2v) is 7.19. The van der Waals surface area contributed by atoms with Gasteiger partial charge < -0.3 is 4.57 Å². The highest BCUT2D eigenvalue weighted by atomic mass is 35.5. The lowest BCUT2D eigenvalue weighted by atomic mass is 10.3. The molecule has 2 heterocycles. The van der Waals surface area contributed by atoms with Gasteiger partial charge in [-0.25, -0.2) is 0 Å². The van der Waals surface area contributed by atoms with E-state index in [1.165, 1.54) is 11.3 Å². The summed E-state index contributed by atoms with van der Waals surface area (Å²) in [5.74, 6) is -0.348. The number of hydrogen-bond acceptors (Lipinski definition) is 3. The summed E-state index contributed by atoms with van der Waals surface area (Å²) in [6.45, 7) is 8.62. The molecule has 3 aromatic rings. The molecule has 0 aliphatic carbocycles. The van der Waals surface area contributed by atoms with Gasteiger partial charge in [-0.05, 0) is 32.0 Å². The summed E-state index contributed by atoms with van der Waals surface area (Å²) in [5, 5.41) is 5.43. The molecule has 0 aliphatic rings. The molecule has 5 nitrogen and oxygen atoms in total. The number of carbonyl (C=O) groups is 1. The number of benzene rings is 1. The van der Waals surface area contributed by atoms with Gasteiger partial charge in [0.2, 0.25) is 0 Å². The molecule has 0 bridgehead atoms. The minimum absolute atomic E-state index is 0.348. The Bertz CT molecular complexity index is 1050. The van der Waals surface area contributed by atoms with E-state index in [-0.39, 0.29) is 5.91 Å². The van der Waals surface area contributed by atoms with Crippen molar-refractivity contribution in [3.63, 3.8) is 0 Å². The lowest BCUT2D eigenvalue weighted by Crippen LogP contribution is -2.18. The average molecular weight is 395 g/mol. The lowest BCUT2D eigenvalue weighted by Gasteiger charge is -2.03. The molecule has 0 saturated heterocycles. The zero-order valence-electron chi connectivity index (χ0n) is 13.8. The molecule has 0 fully saturated rings. The second-order valence-electron chi connectivity index (χ2n) is 5.39. The molecule has 25 heavy (non-hydrogen) atoms. The van der Waals surface area contributed by atoms with Crippen LogP contribution in [0.25, 0.3) is 10.2 Å². The van der Waals surface area contributed by atoms with Crippen molar-refractivity contribution in [3.05, 3.63) is 57.1 Å². The summed E-state index contributed by atoms with van der Waals surface area (Å²) in [4.78, 5) is 17.5. The minimum Gasteiger partial charge on any atom is -0.311 e. The SMILES string of the molecule is C=CCn1c(=NC(=O)c2cc(C)nn2CC)sc2c(Cl)ccc(Cl)c21. The second kappa shape index (κ2) is 7.15. The van der Waals surface area contributed by atoms with Crippen molar-refractivity contribution in [2.24, 2.45) is 4.99 Å². The Hall–Kier alpha value is -1.89. The van der Waals surface area contributed by atoms with Gasteiger partial charge in [-0.3, -0.25) is 9.48 Å². The van der Waals surface area contributed by atoms with E-state index in [4.69, 9.17) is 23.2 Å². The number of rotatable bonds is 4. The minimum atomic E-state index is -0.348. The third kappa shape index (κ3) is 3.29. The van der Waals surface area contributed by atoms with Crippen molar-refractivity contribution in [2.75, 3.05) is 0 Å². The monoisotopic (exact) mass is 394 g/mol. The highest BCUT2D eigenvalue weighted by molar-refractivity contribution is 7.17.